The van der Waals surface area contributed by atoms with E-state index in [4.69, 9.17) is 9.47 Å². The van der Waals surface area contributed by atoms with Gasteiger partial charge < -0.3 is 14.5 Å². The summed E-state index contributed by atoms with van der Waals surface area (Å²) in [5, 5.41) is 0. The number of methoxy groups -OCH3 is 1. The number of aromatic amines is 1. The van der Waals surface area contributed by atoms with E-state index in [1.54, 1.807) is 13.3 Å². The number of carbonyl (C=O) groups excluding carboxylic acids is 1. The lowest BCUT2D eigenvalue weighted by molar-refractivity contribution is -0.150. The van der Waals surface area contributed by atoms with Crippen LogP contribution < -0.4 is 4.74 Å². The molecule has 1 aromatic carbocycles. The predicted molar refractivity (Wildman–Crippen MR) is 99.9 cm³/mol. The van der Waals surface area contributed by atoms with Gasteiger partial charge in [0.15, 0.2) is 11.8 Å². The van der Waals surface area contributed by atoms with Gasteiger partial charge in [0, 0.05) is 10.7 Å². The van der Waals surface area contributed by atoms with Gasteiger partial charge in [0.05, 0.1) is 18.5 Å². The zero-order valence-electron chi connectivity index (χ0n) is 14.4. The summed E-state index contributed by atoms with van der Waals surface area (Å²) in [5.41, 5.74) is 2.55. The normalized spacial score (nSPS) is 20.0. The molecule has 0 bridgehead atoms. The number of fused-ring (bicyclic) bond motifs is 1. The van der Waals surface area contributed by atoms with Crippen LogP contribution in [0.3, 0.4) is 0 Å². The van der Waals surface area contributed by atoms with Crippen molar-refractivity contribution in [2.75, 3.05) is 7.11 Å². The summed E-state index contributed by atoms with van der Waals surface area (Å²) in [4.78, 5) is 24.3. The first kappa shape index (κ1) is 17.0. The highest BCUT2D eigenvalue weighted by atomic mass is 79.9. The van der Waals surface area contributed by atoms with Crippen LogP contribution in [0.25, 0.3) is 11.2 Å². The molecule has 7 heteroatoms. The van der Waals surface area contributed by atoms with Crippen molar-refractivity contribution in [3.63, 3.8) is 0 Å². The van der Waals surface area contributed by atoms with Gasteiger partial charge in [0.1, 0.15) is 11.6 Å². The molecule has 6 nitrogen and oxygen atoms in total. The maximum absolute atomic E-state index is 12.5. The molecule has 3 aromatic rings. The van der Waals surface area contributed by atoms with Crippen molar-refractivity contribution in [3.8, 4) is 5.75 Å². The lowest BCUT2D eigenvalue weighted by Crippen LogP contribution is -2.12. The number of benzene rings is 1. The number of pyridine rings is 1. The van der Waals surface area contributed by atoms with Crippen molar-refractivity contribution in [2.45, 2.75) is 25.4 Å². The van der Waals surface area contributed by atoms with Gasteiger partial charge in [-0.05, 0) is 59.0 Å². The lowest BCUT2D eigenvalue weighted by atomic mass is 10.1. The van der Waals surface area contributed by atoms with E-state index in [2.05, 4.69) is 30.9 Å². The Morgan fingerprint density at radius 1 is 1.35 bits per heavy atom. The van der Waals surface area contributed by atoms with Gasteiger partial charge in [-0.25, -0.2) is 9.97 Å². The van der Waals surface area contributed by atoms with Crippen LogP contribution in [0.1, 0.15) is 36.8 Å². The van der Waals surface area contributed by atoms with Gasteiger partial charge in [-0.1, -0.05) is 12.1 Å². The van der Waals surface area contributed by atoms with Gasteiger partial charge in [0.2, 0.25) is 0 Å². The van der Waals surface area contributed by atoms with E-state index in [-0.39, 0.29) is 17.8 Å². The fourth-order valence-corrected chi connectivity index (χ4v) is 3.41. The molecule has 0 unspecified atom stereocenters. The molecule has 0 amide bonds. The van der Waals surface area contributed by atoms with Crippen LogP contribution in [0.15, 0.2) is 41.0 Å². The van der Waals surface area contributed by atoms with Crippen LogP contribution in [0, 0.1) is 5.92 Å². The van der Waals surface area contributed by atoms with Gasteiger partial charge in [-0.2, -0.15) is 0 Å². The molecular weight excluding hydrogens is 398 g/mol. The summed E-state index contributed by atoms with van der Waals surface area (Å²) in [6, 6.07) is 9.73. The molecule has 2 heterocycles. The maximum atomic E-state index is 12.5. The smallest absolute Gasteiger partial charge is 0.310 e. The fourth-order valence-electron chi connectivity index (χ4n) is 3.08. The Morgan fingerprint density at radius 3 is 2.85 bits per heavy atom. The number of rotatable bonds is 5. The predicted octanol–water partition coefficient (Wildman–Crippen LogP) is 4.14. The number of imidazole rings is 1. The Kier molecular flexibility index (Phi) is 4.40. The second-order valence-electron chi connectivity index (χ2n) is 6.45. The van der Waals surface area contributed by atoms with Gasteiger partial charge in [-0.3, -0.25) is 4.79 Å². The SMILES string of the molecule is COc1ccc([C@@H]2C[C@@H]2C(=O)O[C@H](C)c2nc3ncc(Br)cc3[nH]2)cc1. The van der Waals surface area contributed by atoms with Crippen LogP contribution in [-0.2, 0) is 9.53 Å². The molecule has 0 aliphatic heterocycles. The minimum atomic E-state index is -0.451. The second-order valence-corrected chi connectivity index (χ2v) is 7.36. The summed E-state index contributed by atoms with van der Waals surface area (Å²) in [6.45, 7) is 1.81. The van der Waals surface area contributed by atoms with E-state index in [1.807, 2.05) is 37.3 Å². The van der Waals surface area contributed by atoms with E-state index in [9.17, 15) is 4.79 Å². The lowest BCUT2D eigenvalue weighted by Gasteiger charge is -2.10. The third-order valence-corrected chi connectivity index (χ3v) is 5.07. The molecular formula is C19H18BrN3O3. The van der Waals surface area contributed by atoms with Crippen molar-refractivity contribution >= 4 is 33.1 Å². The number of nitrogens with one attached hydrogen (secondary N) is 1. The average molecular weight is 416 g/mol. The zero-order chi connectivity index (χ0) is 18.3. The number of halogens is 1. The molecule has 1 fully saturated rings. The van der Waals surface area contributed by atoms with E-state index in [0.717, 1.165) is 27.7 Å². The first-order chi connectivity index (χ1) is 12.5. The van der Waals surface area contributed by atoms with Crippen molar-refractivity contribution < 1.29 is 14.3 Å². The first-order valence-corrected chi connectivity index (χ1v) is 9.20. The van der Waals surface area contributed by atoms with Crippen molar-refractivity contribution in [2.24, 2.45) is 5.92 Å². The van der Waals surface area contributed by atoms with Crippen LogP contribution in [0.2, 0.25) is 0 Å². The Balaban J connectivity index is 1.41. The minimum Gasteiger partial charge on any atom is -0.497 e. The monoisotopic (exact) mass is 415 g/mol. The number of nitrogens with zero attached hydrogens (tertiary/aromatic N) is 2. The van der Waals surface area contributed by atoms with E-state index < -0.39 is 6.10 Å². The van der Waals surface area contributed by atoms with Crippen molar-refractivity contribution in [3.05, 3.63) is 52.4 Å². The molecule has 0 radical (unpaired) electrons. The summed E-state index contributed by atoms with van der Waals surface area (Å²) in [6.07, 6.45) is 2.05. The number of ether oxygens (including phenoxy) is 2. The minimum absolute atomic E-state index is 0.0949. The third kappa shape index (κ3) is 3.31. The van der Waals surface area contributed by atoms with Crippen molar-refractivity contribution in [1.29, 1.82) is 0 Å². The van der Waals surface area contributed by atoms with Crippen LogP contribution in [-0.4, -0.2) is 28.0 Å². The second kappa shape index (κ2) is 6.72. The highest BCUT2D eigenvalue weighted by Gasteiger charge is 2.45. The topological polar surface area (TPSA) is 77.1 Å². The van der Waals surface area contributed by atoms with Crippen LogP contribution in [0.4, 0.5) is 0 Å². The molecule has 26 heavy (non-hydrogen) atoms. The molecule has 1 saturated carbocycles. The molecule has 2 aromatic heterocycles. The number of esters is 1. The Hall–Kier alpha value is -2.41. The Labute approximate surface area is 159 Å². The summed E-state index contributed by atoms with van der Waals surface area (Å²) in [7, 11) is 1.64. The van der Waals surface area contributed by atoms with Crippen LogP contribution in [0.5, 0.6) is 5.75 Å². The molecule has 1 N–H and O–H groups in total. The van der Waals surface area contributed by atoms with E-state index in [0.29, 0.717) is 11.5 Å². The Bertz CT molecular complexity index is 954. The average Bonchev–Trinajstić information content (AvgIpc) is 3.34. The molecule has 134 valence electrons. The number of hydrogen-bond donors (Lipinski definition) is 1. The standard InChI is InChI=1S/C19H18BrN3O3/c1-10(17-22-16-7-12(20)9-21-18(16)23-17)26-19(24)15-8-14(15)11-3-5-13(25-2)6-4-11/h3-7,9-10,14-15H,8H2,1-2H3,(H,21,22,23)/t10-,14+,15+/m1/s1. The number of H-pyrrole nitrogens is 1. The van der Waals surface area contributed by atoms with E-state index in [1.165, 1.54) is 0 Å². The molecule has 1 aliphatic carbocycles. The molecule has 4 rings (SSSR count). The molecule has 0 saturated heterocycles. The summed E-state index contributed by atoms with van der Waals surface area (Å²) < 4.78 is 11.7. The Morgan fingerprint density at radius 2 is 2.12 bits per heavy atom. The maximum Gasteiger partial charge on any atom is 0.310 e. The van der Waals surface area contributed by atoms with Gasteiger partial charge in [-0.15, -0.1) is 0 Å². The van der Waals surface area contributed by atoms with Crippen LogP contribution >= 0.6 is 15.9 Å². The molecule has 0 spiro atoms. The highest BCUT2D eigenvalue weighted by Crippen LogP contribution is 2.48. The van der Waals surface area contributed by atoms with E-state index >= 15 is 0 Å². The third-order valence-electron chi connectivity index (χ3n) is 4.64. The molecule has 3 atom stereocenters. The molecule has 1 aliphatic rings. The summed E-state index contributed by atoms with van der Waals surface area (Å²) in [5.74, 6) is 1.34. The van der Waals surface area contributed by atoms with Crippen molar-refractivity contribution in [1.82, 2.24) is 15.0 Å². The summed E-state index contributed by atoms with van der Waals surface area (Å²) >= 11 is 3.38. The van der Waals surface area contributed by atoms with Gasteiger partial charge >= 0.3 is 5.97 Å². The first-order valence-electron chi connectivity index (χ1n) is 8.40. The zero-order valence-corrected chi connectivity index (χ0v) is 16.0. The number of aromatic nitrogens is 3. The highest BCUT2D eigenvalue weighted by molar-refractivity contribution is 9.10. The number of hydrogen-bond acceptors (Lipinski definition) is 5. The van der Waals surface area contributed by atoms with Gasteiger partial charge in [0.25, 0.3) is 0 Å². The largest absolute Gasteiger partial charge is 0.497 e. The fraction of sp³-hybridized carbons (Fsp3) is 0.316. The quantitative estimate of drug-likeness (QED) is 0.633. The number of carbonyl (C=O) groups is 1.